The number of ether oxygens (including phenoxy) is 2. The van der Waals surface area contributed by atoms with E-state index in [9.17, 15) is 23.9 Å². The van der Waals surface area contributed by atoms with Crippen molar-refractivity contribution in [1.29, 1.82) is 0 Å². The molecule has 4 aromatic rings. The molecule has 0 saturated carbocycles. The van der Waals surface area contributed by atoms with Gasteiger partial charge in [-0.05, 0) is 52.8 Å². The molecule has 0 saturated heterocycles. The van der Waals surface area contributed by atoms with Gasteiger partial charge >= 0.3 is 5.69 Å². The van der Waals surface area contributed by atoms with Gasteiger partial charge in [0.2, 0.25) is 5.91 Å². The van der Waals surface area contributed by atoms with Gasteiger partial charge in [-0.15, -0.1) is 4.80 Å². The lowest BCUT2D eigenvalue weighted by atomic mass is 10.0. The number of aliphatic hydroxyl groups is 1. The van der Waals surface area contributed by atoms with Gasteiger partial charge < -0.3 is 19.9 Å². The van der Waals surface area contributed by atoms with Crippen molar-refractivity contribution in [2.24, 2.45) is 5.92 Å². The predicted molar refractivity (Wildman–Crippen MR) is 160 cm³/mol. The molecule has 3 heterocycles. The largest absolute Gasteiger partial charge is 0.496 e. The predicted octanol–water partition coefficient (Wildman–Crippen LogP) is 2.91. The number of carbonyl (C=O) groups excluding carboxylic acids is 1. The van der Waals surface area contributed by atoms with Gasteiger partial charge in [-0.25, -0.2) is 13.8 Å². The van der Waals surface area contributed by atoms with Gasteiger partial charge in [0.05, 0.1) is 38.0 Å². The number of amides is 1. The Morgan fingerprint density at radius 2 is 1.86 bits per heavy atom. The Morgan fingerprint density at radius 1 is 1.19 bits per heavy atom. The number of carbonyl (C=O) groups is 1. The molecule has 1 unspecified atom stereocenters. The number of thiophene rings is 1. The zero-order chi connectivity index (χ0) is 31.6. The van der Waals surface area contributed by atoms with Crippen LogP contribution in [-0.4, -0.2) is 61.5 Å². The number of halogens is 1. The van der Waals surface area contributed by atoms with Gasteiger partial charge in [-0.3, -0.25) is 14.2 Å². The van der Waals surface area contributed by atoms with Crippen molar-refractivity contribution in [2.45, 2.75) is 65.8 Å². The van der Waals surface area contributed by atoms with Crippen molar-refractivity contribution in [2.75, 3.05) is 20.3 Å². The number of aliphatic hydroxyl groups excluding tert-OH is 1. The Balaban J connectivity index is 2.02. The Kier molecular flexibility index (Phi) is 9.52. The van der Waals surface area contributed by atoms with E-state index in [1.165, 1.54) is 60.9 Å². The van der Waals surface area contributed by atoms with Crippen molar-refractivity contribution < 1.29 is 23.8 Å². The first kappa shape index (κ1) is 32.0. The molecule has 4 rings (SSSR count). The van der Waals surface area contributed by atoms with Gasteiger partial charge in [-0.1, -0.05) is 18.3 Å². The van der Waals surface area contributed by atoms with E-state index in [1.54, 1.807) is 27.7 Å². The summed E-state index contributed by atoms with van der Waals surface area (Å²) in [6.45, 7) is 9.87. The molecule has 232 valence electrons. The van der Waals surface area contributed by atoms with Gasteiger partial charge in [0, 0.05) is 29.7 Å². The van der Waals surface area contributed by atoms with E-state index < -0.39 is 34.6 Å². The normalized spacial score (nSPS) is 13.4. The zero-order valence-electron chi connectivity index (χ0n) is 25.3. The van der Waals surface area contributed by atoms with Crippen LogP contribution >= 0.6 is 11.3 Å². The van der Waals surface area contributed by atoms with E-state index >= 15 is 0 Å². The Morgan fingerprint density at radius 3 is 2.47 bits per heavy atom. The fourth-order valence-corrected chi connectivity index (χ4v) is 5.96. The number of hydrogen-bond acceptors (Lipinski definition) is 9. The van der Waals surface area contributed by atoms with Crippen LogP contribution in [0.15, 0.2) is 40.2 Å². The number of benzene rings is 1. The molecule has 1 amide bonds. The monoisotopic (exact) mass is 616 g/mol. The molecule has 2 N–H and O–H groups in total. The Labute approximate surface area is 251 Å². The highest BCUT2D eigenvalue weighted by Gasteiger charge is 2.36. The van der Waals surface area contributed by atoms with Crippen LogP contribution in [0.3, 0.4) is 0 Å². The van der Waals surface area contributed by atoms with Crippen LogP contribution < -0.4 is 21.3 Å². The van der Waals surface area contributed by atoms with E-state index in [2.05, 4.69) is 15.5 Å². The quantitative estimate of drug-likeness (QED) is 0.248. The Bertz CT molecular complexity index is 1730. The minimum absolute atomic E-state index is 0.0899. The maximum atomic E-state index is 14.5. The fraction of sp³-hybridized carbons (Fsp3) is 0.483. The van der Waals surface area contributed by atoms with Crippen molar-refractivity contribution in [3.8, 4) is 10.8 Å². The van der Waals surface area contributed by atoms with Crippen molar-refractivity contribution in [3.63, 3.8) is 0 Å². The second-order valence-corrected chi connectivity index (χ2v) is 12.2. The molecule has 3 aromatic heterocycles. The highest BCUT2D eigenvalue weighted by molar-refractivity contribution is 7.21. The Hall–Kier alpha value is -3.88. The van der Waals surface area contributed by atoms with E-state index in [4.69, 9.17) is 9.47 Å². The third kappa shape index (κ3) is 6.26. The van der Waals surface area contributed by atoms with Crippen LogP contribution in [0.5, 0.6) is 5.75 Å². The molecule has 2 atom stereocenters. The van der Waals surface area contributed by atoms with Crippen LogP contribution in [0.4, 0.5) is 4.39 Å². The molecule has 0 aliphatic heterocycles. The molecule has 0 spiro atoms. The number of methoxy groups -OCH3 is 1. The fourth-order valence-electron chi connectivity index (χ4n) is 4.74. The molecule has 0 aliphatic carbocycles. The number of nitrogens with zero attached hydrogens (tertiary/aromatic N) is 5. The molecule has 0 bridgehead atoms. The zero-order valence-corrected chi connectivity index (χ0v) is 26.1. The molecule has 0 radical (unpaired) electrons. The standard InChI is InChI=1S/C29H37FN6O6S/c1-16(2)33-27(39)29(5,6)35-24(38)23-18(4)25(36-31-10-11-32-36)43-26(23)34(28(35)40)13-22(42-15-17(3)14-37)20-12-19(30)8-9-21(20)41-7/h8-12,16-17,22,37H,13-15H2,1-7H3,(H,33,39)/t17?,22-/m0/s1. The third-order valence-electron chi connectivity index (χ3n) is 7.10. The van der Waals surface area contributed by atoms with E-state index in [-0.39, 0.29) is 37.1 Å². The average molecular weight is 617 g/mol. The molecular weight excluding hydrogens is 579 g/mol. The van der Waals surface area contributed by atoms with Crippen LogP contribution in [0, 0.1) is 18.7 Å². The number of rotatable bonds is 12. The molecule has 1 aromatic carbocycles. The molecule has 12 nitrogen and oxygen atoms in total. The van der Waals surface area contributed by atoms with E-state index in [1.807, 2.05) is 0 Å². The third-order valence-corrected chi connectivity index (χ3v) is 8.38. The van der Waals surface area contributed by atoms with Crippen LogP contribution in [-0.2, 0) is 21.6 Å². The lowest BCUT2D eigenvalue weighted by Gasteiger charge is -2.29. The minimum Gasteiger partial charge on any atom is -0.496 e. The number of hydrogen-bond donors (Lipinski definition) is 2. The topological polar surface area (TPSA) is 142 Å². The number of aromatic nitrogens is 5. The number of fused-ring (bicyclic) bond motifs is 1. The van der Waals surface area contributed by atoms with Crippen LogP contribution in [0.1, 0.15) is 51.8 Å². The molecule has 14 heteroatoms. The van der Waals surface area contributed by atoms with E-state index in [0.29, 0.717) is 26.7 Å². The SMILES string of the molecule is COc1ccc(F)cc1[C@H](Cn1c(=O)n(C(C)(C)C(=O)NC(C)C)c(=O)c2c(C)c(-n3nccn3)sc21)OCC(C)CO. The highest BCUT2D eigenvalue weighted by atomic mass is 32.1. The summed E-state index contributed by atoms with van der Waals surface area (Å²) in [4.78, 5) is 43.4. The van der Waals surface area contributed by atoms with Gasteiger partial charge in [0.1, 0.15) is 33.0 Å². The smallest absolute Gasteiger partial charge is 0.333 e. The van der Waals surface area contributed by atoms with Crippen LogP contribution in [0.2, 0.25) is 0 Å². The first-order valence-electron chi connectivity index (χ1n) is 13.8. The second kappa shape index (κ2) is 12.8. The molecule has 0 aliphatic rings. The van der Waals surface area contributed by atoms with Crippen molar-refractivity contribution >= 4 is 27.5 Å². The maximum Gasteiger partial charge on any atom is 0.333 e. The van der Waals surface area contributed by atoms with Crippen LogP contribution in [0.25, 0.3) is 15.2 Å². The average Bonchev–Trinajstić information content (AvgIpc) is 3.60. The number of aryl methyl sites for hydroxylation is 1. The van der Waals surface area contributed by atoms with Crippen molar-refractivity contribution in [3.05, 3.63) is 68.4 Å². The molecular formula is C29H37FN6O6S. The summed E-state index contributed by atoms with van der Waals surface area (Å²) in [6, 6.07) is 3.75. The summed E-state index contributed by atoms with van der Waals surface area (Å²) in [5.74, 6) is -0.965. The first-order valence-corrected chi connectivity index (χ1v) is 14.7. The summed E-state index contributed by atoms with van der Waals surface area (Å²) < 4.78 is 28.5. The summed E-state index contributed by atoms with van der Waals surface area (Å²) in [6.07, 6.45) is 2.06. The van der Waals surface area contributed by atoms with E-state index in [0.717, 1.165) is 15.9 Å². The lowest BCUT2D eigenvalue weighted by molar-refractivity contribution is -0.129. The first-order chi connectivity index (χ1) is 20.3. The number of nitrogens with one attached hydrogen (secondary N) is 1. The summed E-state index contributed by atoms with van der Waals surface area (Å²) >= 11 is 1.14. The van der Waals surface area contributed by atoms with Gasteiger partial charge in [0.15, 0.2) is 0 Å². The maximum absolute atomic E-state index is 14.5. The second-order valence-electron chi connectivity index (χ2n) is 11.2. The van der Waals surface area contributed by atoms with Gasteiger partial charge in [0.25, 0.3) is 5.56 Å². The van der Waals surface area contributed by atoms with Crippen molar-refractivity contribution in [1.82, 2.24) is 29.4 Å². The summed E-state index contributed by atoms with van der Waals surface area (Å²) in [5, 5.41) is 21.6. The summed E-state index contributed by atoms with van der Waals surface area (Å²) in [5.41, 5.74) is -2.10. The molecule has 43 heavy (non-hydrogen) atoms. The highest BCUT2D eigenvalue weighted by Crippen LogP contribution is 2.34. The minimum atomic E-state index is -1.58. The lowest BCUT2D eigenvalue weighted by Crippen LogP contribution is -2.56. The summed E-state index contributed by atoms with van der Waals surface area (Å²) in [7, 11) is 1.44. The molecule has 0 fully saturated rings. The van der Waals surface area contributed by atoms with Gasteiger partial charge in [-0.2, -0.15) is 10.2 Å².